The molecule has 0 unspecified atom stereocenters. The van der Waals surface area contributed by atoms with E-state index in [1.165, 1.54) is 0 Å². The van der Waals surface area contributed by atoms with E-state index in [9.17, 15) is 0 Å². The van der Waals surface area contributed by atoms with Gasteiger partial charge in [0.2, 0.25) is 0 Å². The van der Waals surface area contributed by atoms with Crippen LogP contribution in [-0.4, -0.2) is 9.97 Å². The highest BCUT2D eigenvalue weighted by Crippen LogP contribution is 2.40. The number of hydrogen-bond donors (Lipinski definition) is 1. The van der Waals surface area contributed by atoms with E-state index in [4.69, 9.17) is 18.9 Å². The van der Waals surface area contributed by atoms with Gasteiger partial charge in [0.15, 0.2) is 11.4 Å². The lowest BCUT2D eigenvalue weighted by Gasteiger charge is -2.34. The van der Waals surface area contributed by atoms with Gasteiger partial charge >= 0.3 is 0 Å². The number of rotatable bonds is 5. The molecule has 2 N–H and O–H groups in total. The van der Waals surface area contributed by atoms with E-state index in [0.717, 1.165) is 16.8 Å². The number of pyridine rings is 2. The molecular weight excluding hydrogens is 384 g/mol. The quantitative estimate of drug-likeness (QED) is 0.410. The molecule has 0 radical (unpaired) electrons. The fourth-order valence-electron chi connectivity index (χ4n) is 3.50. The fraction of sp³-hybridized carbons (Fsp3) is 0.0400. The van der Waals surface area contributed by atoms with E-state index in [0.29, 0.717) is 23.0 Å². The topological polar surface area (TPSA) is 63.8 Å². The Morgan fingerprint density at radius 2 is 1.45 bits per heavy atom. The van der Waals surface area contributed by atoms with Crippen LogP contribution in [0.5, 0.6) is 0 Å². The summed E-state index contributed by atoms with van der Waals surface area (Å²) >= 11 is 0. The zero-order chi connectivity index (χ0) is 21.6. The van der Waals surface area contributed by atoms with Crippen molar-refractivity contribution < 1.29 is 0 Å². The molecule has 0 spiro atoms. The van der Waals surface area contributed by atoms with Crippen LogP contribution in [0.3, 0.4) is 0 Å². The molecule has 0 aliphatic heterocycles. The lowest BCUT2D eigenvalue weighted by molar-refractivity contribution is 0.806. The first-order chi connectivity index (χ1) is 15.2. The van der Waals surface area contributed by atoms with Gasteiger partial charge in [-0.3, -0.25) is 4.98 Å². The van der Waals surface area contributed by atoms with Crippen molar-refractivity contribution in [1.29, 1.82) is 0 Å². The van der Waals surface area contributed by atoms with Crippen LogP contribution < -0.4 is 10.6 Å². The molecule has 0 atom stereocenters. The van der Waals surface area contributed by atoms with Crippen LogP contribution in [0.4, 0.5) is 28.7 Å². The number of aromatic nitrogens is 2. The second-order valence-electron chi connectivity index (χ2n) is 6.82. The Balaban J connectivity index is 2.00. The van der Waals surface area contributed by atoms with Crippen LogP contribution >= 0.6 is 0 Å². The molecule has 0 amide bonds. The third kappa shape index (κ3) is 4.19. The van der Waals surface area contributed by atoms with Gasteiger partial charge in [0, 0.05) is 6.20 Å². The third-order valence-electron chi connectivity index (χ3n) is 4.82. The second-order valence-corrected chi connectivity index (χ2v) is 6.82. The van der Waals surface area contributed by atoms with Crippen molar-refractivity contribution in [2.24, 2.45) is 0 Å². The molecule has 31 heavy (non-hydrogen) atoms. The molecule has 4 rings (SSSR count). The first-order valence-electron chi connectivity index (χ1n) is 9.56. The van der Waals surface area contributed by atoms with Crippen LogP contribution in [0.2, 0.25) is 0 Å². The van der Waals surface area contributed by atoms with Crippen molar-refractivity contribution in [2.75, 3.05) is 10.6 Å². The highest BCUT2D eigenvalue weighted by atomic mass is 15.2. The van der Waals surface area contributed by atoms with Crippen molar-refractivity contribution in [2.45, 2.75) is 6.04 Å². The van der Waals surface area contributed by atoms with Crippen molar-refractivity contribution in [1.82, 2.24) is 9.97 Å². The van der Waals surface area contributed by atoms with Crippen LogP contribution in [0, 0.1) is 13.1 Å². The first kappa shape index (κ1) is 19.6. The van der Waals surface area contributed by atoms with Gasteiger partial charge in [0.25, 0.3) is 0 Å². The summed E-state index contributed by atoms with van der Waals surface area (Å²) in [7, 11) is 0. The Morgan fingerprint density at radius 1 is 0.806 bits per heavy atom. The molecule has 0 saturated heterocycles. The van der Waals surface area contributed by atoms with Crippen LogP contribution in [0.15, 0.2) is 91.3 Å². The molecule has 0 aliphatic rings. The van der Waals surface area contributed by atoms with Crippen molar-refractivity contribution in [3.63, 3.8) is 0 Å². The average molecular weight is 402 g/mol. The van der Waals surface area contributed by atoms with Gasteiger partial charge in [-0.15, -0.1) is 0 Å². The standard InChI is InChI=1S/C25H18N6/c1-27-20-9-3-7-18(15-20)25(19-8-4-10-21(16-19)28-2)31(22-11-6-14-29-17-22)24-13-5-12-23(26)30-24/h3-17,25H,(H2,26,30). The minimum absolute atomic E-state index is 0.359. The fourth-order valence-corrected chi connectivity index (χ4v) is 3.50. The molecule has 2 aromatic carbocycles. The van der Waals surface area contributed by atoms with Gasteiger partial charge in [0.1, 0.15) is 11.6 Å². The van der Waals surface area contributed by atoms with E-state index in [-0.39, 0.29) is 6.04 Å². The highest BCUT2D eigenvalue weighted by molar-refractivity contribution is 5.66. The number of nitrogen functional groups attached to an aromatic ring is 1. The predicted octanol–water partition coefficient (Wildman–Crippen LogP) is 6.09. The average Bonchev–Trinajstić information content (AvgIpc) is 2.83. The van der Waals surface area contributed by atoms with Gasteiger partial charge in [-0.05, 0) is 35.4 Å². The van der Waals surface area contributed by atoms with Crippen molar-refractivity contribution in [3.8, 4) is 0 Å². The maximum absolute atomic E-state index is 7.45. The van der Waals surface area contributed by atoms with Gasteiger partial charge in [-0.25, -0.2) is 14.7 Å². The largest absolute Gasteiger partial charge is 0.384 e. The summed E-state index contributed by atoms with van der Waals surface area (Å²) in [4.78, 5) is 18.1. The molecule has 6 nitrogen and oxygen atoms in total. The Labute approximate surface area is 180 Å². The molecule has 0 fully saturated rings. The number of anilines is 3. The van der Waals surface area contributed by atoms with Crippen LogP contribution in [0.25, 0.3) is 9.69 Å². The Kier molecular flexibility index (Phi) is 5.55. The summed E-state index contributed by atoms with van der Waals surface area (Å²) in [5.74, 6) is 1.04. The smallest absolute Gasteiger partial charge is 0.187 e. The minimum Gasteiger partial charge on any atom is -0.384 e. The van der Waals surface area contributed by atoms with E-state index < -0.39 is 0 Å². The molecular formula is C25H18N6. The Hall–Kier alpha value is -4.68. The molecule has 0 bridgehead atoms. The van der Waals surface area contributed by atoms with Gasteiger partial charge < -0.3 is 10.6 Å². The lowest BCUT2D eigenvalue weighted by atomic mass is 9.95. The molecule has 0 aliphatic carbocycles. The molecule has 0 saturated carbocycles. The Bertz CT molecular complexity index is 1230. The second kappa shape index (κ2) is 8.77. The van der Waals surface area contributed by atoms with Gasteiger partial charge in [0.05, 0.1) is 31.1 Å². The number of hydrogen-bond acceptors (Lipinski definition) is 4. The van der Waals surface area contributed by atoms with Crippen LogP contribution in [-0.2, 0) is 0 Å². The van der Waals surface area contributed by atoms with Crippen molar-refractivity contribution >= 4 is 28.7 Å². The minimum atomic E-state index is -0.359. The summed E-state index contributed by atoms with van der Waals surface area (Å²) in [5.41, 5.74) is 9.68. The molecule has 148 valence electrons. The summed E-state index contributed by atoms with van der Waals surface area (Å²) in [6, 6.07) is 23.9. The maximum Gasteiger partial charge on any atom is 0.187 e. The number of benzene rings is 2. The zero-order valence-corrected chi connectivity index (χ0v) is 16.6. The van der Waals surface area contributed by atoms with E-state index in [1.807, 2.05) is 65.6 Å². The summed E-state index contributed by atoms with van der Waals surface area (Å²) < 4.78 is 0. The van der Waals surface area contributed by atoms with E-state index >= 15 is 0 Å². The van der Waals surface area contributed by atoms with Crippen molar-refractivity contribution in [3.05, 3.63) is 125 Å². The zero-order valence-electron chi connectivity index (χ0n) is 16.6. The maximum atomic E-state index is 7.45. The summed E-state index contributed by atoms with van der Waals surface area (Å²) in [6.07, 6.45) is 3.47. The summed E-state index contributed by atoms with van der Waals surface area (Å²) in [6.45, 7) is 14.9. The van der Waals surface area contributed by atoms with Crippen LogP contribution in [0.1, 0.15) is 17.2 Å². The molecule has 4 aromatic rings. The van der Waals surface area contributed by atoms with Gasteiger partial charge in [-0.1, -0.05) is 54.6 Å². The highest BCUT2D eigenvalue weighted by Gasteiger charge is 2.26. The lowest BCUT2D eigenvalue weighted by Crippen LogP contribution is -2.26. The normalized spacial score (nSPS) is 10.3. The monoisotopic (exact) mass is 402 g/mol. The SMILES string of the molecule is [C-]#[N+]c1cccc(C(c2cccc([N+]#[C-])c2)N(c2cccnc2)c2cccc(N)n2)c1. The predicted molar refractivity (Wildman–Crippen MR) is 122 cm³/mol. The van der Waals surface area contributed by atoms with Gasteiger partial charge in [-0.2, -0.15) is 0 Å². The molecule has 2 heterocycles. The third-order valence-corrected chi connectivity index (χ3v) is 4.82. The molecule has 6 heteroatoms. The number of nitrogens with zero attached hydrogens (tertiary/aromatic N) is 5. The number of nitrogens with two attached hydrogens (primary N) is 1. The Morgan fingerprint density at radius 3 is 2.00 bits per heavy atom. The first-order valence-corrected chi connectivity index (χ1v) is 9.56. The summed E-state index contributed by atoms with van der Waals surface area (Å²) in [5, 5.41) is 0. The van der Waals surface area contributed by atoms with E-state index in [1.54, 1.807) is 30.6 Å². The molecule has 2 aromatic heterocycles. The van der Waals surface area contributed by atoms with E-state index in [2.05, 4.69) is 19.7 Å².